The number of ether oxygens (including phenoxy) is 2. The van der Waals surface area contributed by atoms with Crippen molar-refractivity contribution in [3.63, 3.8) is 0 Å². The van der Waals surface area contributed by atoms with E-state index in [1.165, 1.54) is 19.3 Å². The van der Waals surface area contributed by atoms with Crippen LogP contribution in [0.3, 0.4) is 0 Å². The van der Waals surface area contributed by atoms with Crippen molar-refractivity contribution in [1.29, 1.82) is 0 Å². The van der Waals surface area contributed by atoms with E-state index in [1.54, 1.807) is 0 Å². The van der Waals surface area contributed by atoms with Gasteiger partial charge < -0.3 is 19.7 Å². The van der Waals surface area contributed by atoms with Gasteiger partial charge in [-0.1, -0.05) is 0 Å². The molecule has 0 aromatic rings. The summed E-state index contributed by atoms with van der Waals surface area (Å²) in [7, 11) is 0. The van der Waals surface area contributed by atoms with Crippen molar-refractivity contribution in [2.24, 2.45) is 29.1 Å². The van der Waals surface area contributed by atoms with Crippen molar-refractivity contribution < 1.29 is 19.1 Å². The largest absolute Gasteiger partial charge is 0.350 e. The number of piperidine rings is 1. The highest BCUT2D eigenvalue weighted by atomic mass is 16.7. The van der Waals surface area contributed by atoms with Crippen LogP contribution in [0.25, 0.3) is 0 Å². The molecule has 2 amide bonds. The molecule has 1 N–H and O–H groups in total. The first-order valence-corrected chi connectivity index (χ1v) is 10.9. The molecule has 0 unspecified atom stereocenters. The number of amides is 2. The fourth-order valence-electron chi connectivity index (χ4n) is 6.91. The van der Waals surface area contributed by atoms with Gasteiger partial charge in [-0.25, -0.2) is 0 Å². The van der Waals surface area contributed by atoms with E-state index in [0.717, 1.165) is 62.9 Å². The molecule has 27 heavy (non-hydrogen) atoms. The molecule has 4 aliphatic carbocycles. The lowest BCUT2D eigenvalue weighted by molar-refractivity contribution is -0.148. The lowest BCUT2D eigenvalue weighted by atomic mass is 9.49. The second kappa shape index (κ2) is 7.03. The van der Waals surface area contributed by atoms with Gasteiger partial charge in [-0.05, 0) is 69.1 Å². The standard InChI is InChI=1S/C21H32N2O4/c24-18(23-3-1-17(2-4-23)19-26-5-6-27-19)13-22-20(25)21-10-14-7-15(11-21)9-16(8-14)12-21/h14-17,19H,1-13H2,(H,22,25). The van der Waals surface area contributed by atoms with Gasteiger partial charge in [0.15, 0.2) is 6.29 Å². The minimum Gasteiger partial charge on any atom is -0.350 e. The maximum absolute atomic E-state index is 13.0. The molecule has 150 valence electrons. The Hall–Kier alpha value is -1.14. The van der Waals surface area contributed by atoms with Crippen LogP contribution in [-0.2, 0) is 19.1 Å². The number of rotatable bonds is 4. The summed E-state index contributed by atoms with van der Waals surface area (Å²) in [5.74, 6) is 2.83. The van der Waals surface area contributed by atoms with E-state index in [4.69, 9.17) is 9.47 Å². The van der Waals surface area contributed by atoms with Crippen molar-refractivity contribution in [1.82, 2.24) is 10.2 Å². The van der Waals surface area contributed by atoms with Crippen LogP contribution in [0.5, 0.6) is 0 Å². The predicted octanol–water partition coefficient (Wildman–Crippen LogP) is 1.93. The molecule has 2 aliphatic heterocycles. The quantitative estimate of drug-likeness (QED) is 0.814. The van der Waals surface area contributed by atoms with Crippen molar-refractivity contribution in [3.05, 3.63) is 0 Å². The number of hydrogen-bond acceptors (Lipinski definition) is 4. The predicted molar refractivity (Wildman–Crippen MR) is 98.6 cm³/mol. The summed E-state index contributed by atoms with van der Waals surface area (Å²) in [6, 6.07) is 0. The average molecular weight is 376 g/mol. The molecule has 6 fully saturated rings. The summed E-state index contributed by atoms with van der Waals surface area (Å²) in [4.78, 5) is 27.5. The minimum absolute atomic E-state index is 0.0554. The van der Waals surface area contributed by atoms with Crippen LogP contribution in [0.1, 0.15) is 51.4 Å². The third kappa shape index (κ3) is 3.39. The van der Waals surface area contributed by atoms with Crippen molar-refractivity contribution >= 4 is 11.8 Å². The van der Waals surface area contributed by atoms with Crippen LogP contribution in [-0.4, -0.2) is 55.9 Å². The number of nitrogens with zero attached hydrogens (tertiary/aromatic N) is 1. The molecule has 4 saturated carbocycles. The lowest BCUT2D eigenvalue weighted by Gasteiger charge is -2.55. The van der Waals surface area contributed by atoms with Gasteiger partial charge in [0.25, 0.3) is 0 Å². The first-order chi connectivity index (χ1) is 13.1. The number of hydrogen-bond donors (Lipinski definition) is 1. The molecule has 6 nitrogen and oxygen atoms in total. The van der Waals surface area contributed by atoms with Gasteiger partial charge in [0.2, 0.25) is 11.8 Å². The summed E-state index contributed by atoms with van der Waals surface area (Å²) in [5.41, 5.74) is -0.167. The number of nitrogens with one attached hydrogen (secondary N) is 1. The van der Waals surface area contributed by atoms with Crippen LogP contribution in [0, 0.1) is 29.1 Å². The Kier molecular flexibility index (Phi) is 4.67. The molecule has 2 heterocycles. The Balaban J connectivity index is 1.11. The molecular weight excluding hydrogens is 344 g/mol. The maximum atomic E-state index is 13.0. The van der Waals surface area contributed by atoms with Crippen molar-refractivity contribution in [2.75, 3.05) is 32.8 Å². The van der Waals surface area contributed by atoms with Crippen LogP contribution in [0.2, 0.25) is 0 Å². The topological polar surface area (TPSA) is 67.9 Å². The number of carbonyl (C=O) groups is 2. The van der Waals surface area contributed by atoms with Crippen LogP contribution in [0.4, 0.5) is 0 Å². The maximum Gasteiger partial charge on any atom is 0.241 e. The van der Waals surface area contributed by atoms with Gasteiger partial charge in [-0.3, -0.25) is 9.59 Å². The zero-order valence-corrected chi connectivity index (χ0v) is 16.2. The third-order valence-electron chi connectivity index (χ3n) is 7.84. The van der Waals surface area contributed by atoms with Crippen LogP contribution >= 0.6 is 0 Å². The summed E-state index contributed by atoms with van der Waals surface area (Å²) >= 11 is 0. The first kappa shape index (κ1) is 17.9. The van der Waals surface area contributed by atoms with E-state index in [9.17, 15) is 9.59 Å². The van der Waals surface area contributed by atoms with Gasteiger partial charge in [-0.15, -0.1) is 0 Å². The van der Waals surface area contributed by atoms with Gasteiger partial charge in [0, 0.05) is 24.4 Å². The Morgan fingerprint density at radius 1 is 0.926 bits per heavy atom. The van der Waals surface area contributed by atoms with E-state index in [1.807, 2.05) is 4.90 Å². The van der Waals surface area contributed by atoms with Crippen molar-refractivity contribution in [3.8, 4) is 0 Å². The highest BCUT2D eigenvalue weighted by Crippen LogP contribution is 2.60. The highest BCUT2D eigenvalue weighted by Gasteiger charge is 2.54. The monoisotopic (exact) mass is 376 g/mol. The lowest BCUT2D eigenvalue weighted by Crippen LogP contribution is -2.55. The van der Waals surface area contributed by atoms with Gasteiger partial charge in [0.05, 0.1) is 19.8 Å². The fraction of sp³-hybridized carbons (Fsp3) is 0.905. The molecule has 0 atom stereocenters. The number of likely N-dealkylation sites (tertiary alicyclic amines) is 1. The zero-order chi connectivity index (χ0) is 18.4. The normalized spacial score (nSPS) is 39.1. The molecule has 0 radical (unpaired) electrons. The van der Waals surface area contributed by atoms with Gasteiger partial charge in [-0.2, -0.15) is 0 Å². The van der Waals surface area contributed by atoms with Gasteiger partial charge >= 0.3 is 0 Å². The molecule has 6 aliphatic rings. The summed E-state index contributed by atoms with van der Waals surface area (Å²) in [6.45, 7) is 2.99. The minimum atomic E-state index is -0.167. The van der Waals surface area contributed by atoms with Crippen molar-refractivity contribution in [2.45, 2.75) is 57.7 Å². The molecule has 6 heteroatoms. The SMILES string of the molecule is O=C(CNC(=O)C12CC3CC(CC(C3)C1)C2)N1CCC(C2OCCO2)CC1. The fourth-order valence-corrected chi connectivity index (χ4v) is 6.91. The highest BCUT2D eigenvalue weighted by molar-refractivity contribution is 5.88. The number of carbonyl (C=O) groups excluding carboxylic acids is 2. The Labute approximate surface area is 161 Å². The molecule has 0 aromatic carbocycles. The Bertz CT molecular complexity index is 558. The molecule has 6 rings (SSSR count). The van der Waals surface area contributed by atoms with E-state index >= 15 is 0 Å². The Morgan fingerprint density at radius 2 is 1.48 bits per heavy atom. The second-order valence-electron chi connectivity index (χ2n) is 9.71. The Morgan fingerprint density at radius 3 is 2.04 bits per heavy atom. The summed E-state index contributed by atoms with van der Waals surface area (Å²) < 4.78 is 11.2. The summed E-state index contributed by atoms with van der Waals surface area (Å²) in [6.07, 6.45) is 8.87. The van der Waals surface area contributed by atoms with E-state index in [-0.39, 0.29) is 30.1 Å². The molecule has 4 bridgehead atoms. The first-order valence-electron chi connectivity index (χ1n) is 10.9. The second-order valence-corrected chi connectivity index (χ2v) is 9.71. The van der Waals surface area contributed by atoms with Crippen LogP contribution < -0.4 is 5.32 Å². The molecular formula is C21H32N2O4. The van der Waals surface area contributed by atoms with E-state index in [0.29, 0.717) is 19.1 Å². The summed E-state index contributed by atoms with van der Waals surface area (Å²) in [5, 5.41) is 3.02. The van der Waals surface area contributed by atoms with E-state index < -0.39 is 0 Å². The third-order valence-corrected chi connectivity index (χ3v) is 7.84. The van der Waals surface area contributed by atoms with Gasteiger partial charge in [0.1, 0.15) is 0 Å². The van der Waals surface area contributed by atoms with Crippen LogP contribution in [0.15, 0.2) is 0 Å². The average Bonchev–Trinajstić information content (AvgIpc) is 3.19. The molecule has 0 spiro atoms. The molecule has 2 saturated heterocycles. The molecule has 0 aromatic heterocycles. The smallest absolute Gasteiger partial charge is 0.241 e. The zero-order valence-electron chi connectivity index (χ0n) is 16.2. The van der Waals surface area contributed by atoms with E-state index in [2.05, 4.69) is 5.32 Å².